The maximum absolute atomic E-state index is 13.1. The van der Waals surface area contributed by atoms with Crippen LogP contribution in [0.25, 0.3) is 0 Å². The van der Waals surface area contributed by atoms with Crippen molar-refractivity contribution in [2.24, 2.45) is 0 Å². The summed E-state index contributed by atoms with van der Waals surface area (Å²) in [6.07, 6.45) is -0.553. The monoisotopic (exact) mass is 218 g/mol. The maximum atomic E-state index is 13.1. The van der Waals surface area contributed by atoms with Crippen LogP contribution in [-0.2, 0) is 0 Å². The van der Waals surface area contributed by atoms with E-state index in [-0.39, 0.29) is 10.1 Å². The summed E-state index contributed by atoms with van der Waals surface area (Å²) in [6.45, 7) is 3.38. The van der Waals surface area contributed by atoms with Crippen LogP contribution in [0.2, 0.25) is 0 Å². The molecule has 0 spiro atoms. The van der Waals surface area contributed by atoms with Gasteiger partial charge in [0.1, 0.15) is 11.6 Å². The number of benzene rings is 1. The molecular weight excluding hydrogens is 206 g/mol. The van der Waals surface area contributed by atoms with Crippen molar-refractivity contribution in [1.29, 1.82) is 0 Å². The van der Waals surface area contributed by atoms with Gasteiger partial charge in [-0.1, -0.05) is 6.92 Å². The van der Waals surface area contributed by atoms with Crippen molar-refractivity contribution >= 4 is 11.8 Å². The molecule has 0 aliphatic heterocycles. The van der Waals surface area contributed by atoms with E-state index in [4.69, 9.17) is 0 Å². The highest BCUT2D eigenvalue weighted by Gasteiger charge is 2.13. The van der Waals surface area contributed by atoms with Gasteiger partial charge in [0, 0.05) is 10.1 Å². The molecule has 14 heavy (non-hydrogen) atoms. The molecule has 0 saturated carbocycles. The van der Waals surface area contributed by atoms with Gasteiger partial charge < -0.3 is 5.11 Å². The van der Waals surface area contributed by atoms with Crippen LogP contribution in [0.4, 0.5) is 8.78 Å². The fourth-order valence-corrected chi connectivity index (χ4v) is 1.82. The van der Waals surface area contributed by atoms with Gasteiger partial charge >= 0.3 is 0 Å². The highest BCUT2D eigenvalue weighted by Crippen LogP contribution is 2.28. The van der Waals surface area contributed by atoms with E-state index in [0.717, 1.165) is 30.0 Å². The molecule has 1 aromatic rings. The van der Waals surface area contributed by atoms with Crippen LogP contribution in [0.3, 0.4) is 0 Å². The van der Waals surface area contributed by atoms with Crippen LogP contribution in [0.15, 0.2) is 23.1 Å². The first kappa shape index (κ1) is 11.5. The zero-order valence-corrected chi connectivity index (χ0v) is 8.81. The van der Waals surface area contributed by atoms with Gasteiger partial charge in [0.05, 0.1) is 6.10 Å². The quantitative estimate of drug-likeness (QED) is 0.787. The van der Waals surface area contributed by atoms with Crippen LogP contribution in [0.1, 0.15) is 13.8 Å². The second-order valence-electron chi connectivity index (χ2n) is 3.14. The fourth-order valence-electron chi connectivity index (χ4n) is 0.866. The standard InChI is InChI=1S/C10H12F2OS/c1-6(13)7(2)14-10-5-8(11)3-4-9(10)12/h3-7,13H,1-2H3. The van der Waals surface area contributed by atoms with Crippen LogP contribution in [-0.4, -0.2) is 16.5 Å². The first-order chi connectivity index (χ1) is 6.50. The van der Waals surface area contributed by atoms with Crippen molar-refractivity contribution in [3.63, 3.8) is 0 Å². The van der Waals surface area contributed by atoms with Crippen LogP contribution >= 0.6 is 11.8 Å². The Hall–Kier alpha value is -0.610. The van der Waals surface area contributed by atoms with Crippen molar-refractivity contribution < 1.29 is 13.9 Å². The van der Waals surface area contributed by atoms with E-state index in [9.17, 15) is 13.9 Å². The largest absolute Gasteiger partial charge is 0.392 e. The minimum atomic E-state index is -0.553. The third-order valence-corrected chi connectivity index (χ3v) is 3.22. The van der Waals surface area contributed by atoms with Crippen LogP contribution < -0.4 is 0 Å². The lowest BCUT2D eigenvalue weighted by atomic mass is 10.3. The van der Waals surface area contributed by atoms with Gasteiger partial charge in [-0.15, -0.1) is 11.8 Å². The summed E-state index contributed by atoms with van der Waals surface area (Å²) >= 11 is 1.13. The summed E-state index contributed by atoms with van der Waals surface area (Å²) in [7, 11) is 0. The molecule has 0 aromatic heterocycles. The summed E-state index contributed by atoms with van der Waals surface area (Å²) in [6, 6.07) is 3.30. The Kier molecular flexibility index (Phi) is 3.89. The summed E-state index contributed by atoms with van der Waals surface area (Å²) in [5, 5.41) is 9.04. The predicted octanol–water partition coefficient (Wildman–Crippen LogP) is 2.83. The maximum Gasteiger partial charge on any atom is 0.136 e. The lowest BCUT2D eigenvalue weighted by molar-refractivity contribution is 0.196. The molecular formula is C10H12F2OS. The SMILES string of the molecule is CC(O)C(C)Sc1cc(F)ccc1F. The number of halogens is 2. The molecule has 4 heteroatoms. The predicted molar refractivity (Wildman–Crippen MR) is 53.4 cm³/mol. The second kappa shape index (κ2) is 4.75. The molecule has 0 aliphatic rings. The second-order valence-corrected chi connectivity index (χ2v) is 4.56. The molecule has 0 heterocycles. The number of rotatable bonds is 3. The van der Waals surface area contributed by atoms with Crippen molar-refractivity contribution in [2.45, 2.75) is 30.1 Å². The fraction of sp³-hybridized carbons (Fsp3) is 0.400. The van der Waals surface area contributed by atoms with E-state index in [1.807, 2.05) is 0 Å². The summed E-state index contributed by atoms with van der Waals surface area (Å²) in [4.78, 5) is 0.235. The zero-order chi connectivity index (χ0) is 10.7. The van der Waals surface area contributed by atoms with Gasteiger partial charge in [-0.25, -0.2) is 8.78 Å². The van der Waals surface area contributed by atoms with E-state index >= 15 is 0 Å². The molecule has 0 amide bonds. The average Bonchev–Trinajstić information content (AvgIpc) is 2.11. The number of aliphatic hydroxyl groups is 1. The van der Waals surface area contributed by atoms with Crippen molar-refractivity contribution in [3.8, 4) is 0 Å². The molecule has 0 saturated heterocycles. The molecule has 0 bridgehead atoms. The number of aliphatic hydroxyl groups excluding tert-OH is 1. The third-order valence-electron chi connectivity index (χ3n) is 1.89. The molecule has 1 rings (SSSR count). The van der Waals surface area contributed by atoms with Crippen molar-refractivity contribution in [2.75, 3.05) is 0 Å². The van der Waals surface area contributed by atoms with Crippen LogP contribution in [0, 0.1) is 11.6 Å². The Morgan fingerprint density at radius 3 is 2.50 bits per heavy atom. The van der Waals surface area contributed by atoms with Gasteiger partial charge in [-0.3, -0.25) is 0 Å². The number of hydrogen-bond acceptors (Lipinski definition) is 2. The molecule has 2 unspecified atom stereocenters. The number of hydrogen-bond donors (Lipinski definition) is 1. The van der Waals surface area contributed by atoms with Gasteiger partial charge in [-0.2, -0.15) is 0 Å². The summed E-state index contributed by atoms with van der Waals surface area (Å²) in [5.41, 5.74) is 0. The molecule has 0 fully saturated rings. The summed E-state index contributed by atoms with van der Waals surface area (Å²) in [5.74, 6) is -0.921. The highest BCUT2D eigenvalue weighted by atomic mass is 32.2. The van der Waals surface area contributed by atoms with Crippen molar-refractivity contribution in [3.05, 3.63) is 29.8 Å². The Morgan fingerprint density at radius 2 is 1.93 bits per heavy atom. The van der Waals surface area contributed by atoms with E-state index < -0.39 is 17.7 Å². The Morgan fingerprint density at radius 1 is 1.29 bits per heavy atom. The molecule has 1 aromatic carbocycles. The highest BCUT2D eigenvalue weighted by molar-refractivity contribution is 8.00. The Balaban J connectivity index is 2.80. The Bertz CT molecular complexity index is 315. The van der Waals surface area contributed by atoms with Crippen molar-refractivity contribution in [1.82, 2.24) is 0 Å². The average molecular weight is 218 g/mol. The third kappa shape index (κ3) is 2.96. The molecule has 0 aliphatic carbocycles. The van der Waals surface area contributed by atoms with E-state index in [1.165, 1.54) is 0 Å². The minimum Gasteiger partial charge on any atom is -0.392 e. The smallest absolute Gasteiger partial charge is 0.136 e. The first-order valence-corrected chi connectivity index (χ1v) is 5.18. The molecule has 2 atom stereocenters. The summed E-state index contributed by atoms with van der Waals surface area (Å²) < 4.78 is 25.9. The molecule has 78 valence electrons. The normalized spacial score (nSPS) is 15.2. The first-order valence-electron chi connectivity index (χ1n) is 4.30. The molecule has 1 N–H and O–H groups in total. The topological polar surface area (TPSA) is 20.2 Å². The lowest BCUT2D eigenvalue weighted by Crippen LogP contribution is -2.15. The van der Waals surface area contributed by atoms with Crippen LogP contribution in [0.5, 0.6) is 0 Å². The van der Waals surface area contributed by atoms with E-state index in [1.54, 1.807) is 13.8 Å². The van der Waals surface area contributed by atoms with E-state index in [2.05, 4.69) is 0 Å². The Labute approximate surface area is 86.1 Å². The number of thioether (sulfide) groups is 1. The molecule has 1 nitrogen and oxygen atoms in total. The lowest BCUT2D eigenvalue weighted by Gasteiger charge is -2.14. The van der Waals surface area contributed by atoms with Gasteiger partial charge in [0.25, 0.3) is 0 Å². The van der Waals surface area contributed by atoms with Gasteiger partial charge in [-0.05, 0) is 25.1 Å². The van der Waals surface area contributed by atoms with Gasteiger partial charge in [0.2, 0.25) is 0 Å². The molecule has 0 radical (unpaired) electrons. The zero-order valence-electron chi connectivity index (χ0n) is 8.00. The van der Waals surface area contributed by atoms with E-state index in [0.29, 0.717) is 0 Å². The minimum absolute atomic E-state index is 0.161. The van der Waals surface area contributed by atoms with Gasteiger partial charge in [0.15, 0.2) is 0 Å².